The molecule has 2 heterocycles. The van der Waals surface area contributed by atoms with E-state index in [9.17, 15) is 0 Å². The van der Waals surface area contributed by atoms with E-state index in [1.54, 1.807) is 0 Å². The normalized spacial score (nSPS) is 30.8. The van der Waals surface area contributed by atoms with Crippen LogP contribution in [0, 0.1) is 0 Å². The van der Waals surface area contributed by atoms with Gasteiger partial charge in [0, 0.05) is 6.10 Å². The van der Waals surface area contributed by atoms with Gasteiger partial charge in [-0.25, -0.2) is 0 Å². The molecule has 6 heteroatoms. The zero-order valence-corrected chi connectivity index (χ0v) is 14.6. The summed E-state index contributed by atoms with van der Waals surface area (Å²) >= 11 is 0. The Hall–Kier alpha value is -0.0301. The van der Waals surface area contributed by atoms with Crippen LogP contribution in [0.4, 0.5) is 0 Å². The summed E-state index contributed by atoms with van der Waals surface area (Å²) in [5.41, 5.74) is -0.323. The van der Waals surface area contributed by atoms with E-state index in [0.29, 0.717) is 6.10 Å². The lowest BCUT2D eigenvalue weighted by molar-refractivity contribution is -0.0260. The van der Waals surface area contributed by atoms with Gasteiger partial charge in [0.25, 0.3) is 0 Å². The minimum atomic E-state index is -0.160. The van der Waals surface area contributed by atoms with Crippen LogP contribution in [0.3, 0.4) is 0 Å². The maximum Gasteiger partial charge on any atom is 0.454 e. The fourth-order valence-electron chi connectivity index (χ4n) is 2.73. The highest BCUT2D eigenvalue weighted by molar-refractivity contribution is 6.43. The molecular formula is C14H30B2O4. The molecule has 1 atom stereocenters. The summed E-state index contributed by atoms with van der Waals surface area (Å²) < 4.78 is 22.0. The van der Waals surface area contributed by atoms with Gasteiger partial charge in [0.2, 0.25) is 0 Å². The first-order valence-corrected chi connectivity index (χ1v) is 7.53. The van der Waals surface area contributed by atoms with Gasteiger partial charge in [0.05, 0.1) is 16.8 Å². The van der Waals surface area contributed by atoms with E-state index in [1.807, 2.05) is 13.6 Å². The van der Waals surface area contributed by atoms with Crippen LogP contribution in [0.1, 0.15) is 54.9 Å². The minimum Gasteiger partial charge on any atom is -0.409 e. The Morgan fingerprint density at radius 1 is 0.800 bits per heavy atom. The van der Waals surface area contributed by atoms with Crippen LogP contribution in [0.25, 0.3) is 0 Å². The Labute approximate surface area is 125 Å². The molecule has 0 spiro atoms. The third kappa shape index (κ3) is 4.76. The zero-order valence-electron chi connectivity index (χ0n) is 14.6. The lowest BCUT2D eigenvalue weighted by atomic mass is 9.86. The van der Waals surface area contributed by atoms with Crippen molar-refractivity contribution in [3.63, 3.8) is 0 Å². The molecule has 116 valence electrons. The van der Waals surface area contributed by atoms with Crippen molar-refractivity contribution >= 4 is 14.2 Å². The molecule has 2 rings (SSSR count). The van der Waals surface area contributed by atoms with Crippen molar-refractivity contribution in [1.29, 1.82) is 0 Å². The molecule has 20 heavy (non-hydrogen) atoms. The number of rotatable bonds is 0. The fourth-order valence-corrected chi connectivity index (χ4v) is 2.73. The van der Waals surface area contributed by atoms with Crippen molar-refractivity contribution in [3.8, 4) is 0 Å². The molecule has 0 saturated carbocycles. The molecule has 0 aliphatic carbocycles. The van der Waals surface area contributed by atoms with Crippen molar-refractivity contribution in [3.05, 3.63) is 0 Å². The van der Waals surface area contributed by atoms with E-state index in [2.05, 4.69) is 48.5 Å². The third-order valence-corrected chi connectivity index (χ3v) is 4.06. The van der Waals surface area contributed by atoms with Crippen molar-refractivity contribution < 1.29 is 18.6 Å². The van der Waals surface area contributed by atoms with Crippen LogP contribution in [0.2, 0.25) is 13.6 Å². The van der Waals surface area contributed by atoms with Crippen molar-refractivity contribution in [2.75, 3.05) is 0 Å². The monoisotopic (exact) mass is 284 g/mol. The Morgan fingerprint density at radius 3 is 1.50 bits per heavy atom. The molecular weight excluding hydrogens is 254 g/mol. The van der Waals surface area contributed by atoms with Crippen LogP contribution in [-0.2, 0) is 18.6 Å². The van der Waals surface area contributed by atoms with Gasteiger partial charge in [-0.15, -0.1) is 0 Å². The van der Waals surface area contributed by atoms with Crippen LogP contribution < -0.4 is 0 Å². The molecule has 2 fully saturated rings. The SMILES string of the molecule is CB1OC(C)(C)C(C)(C)O1.CB1OC(C)CC(C)(C)O1. The maximum absolute atomic E-state index is 5.54. The van der Waals surface area contributed by atoms with Crippen LogP contribution >= 0.6 is 0 Å². The molecule has 2 aliphatic rings. The van der Waals surface area contributed by atoms with E-state index >= 15 is 0 Å². The van der Waals surface area contributed by atoms with Gasteiger partial charge in [0.1, 0.15) is 0 Å². The lowest BCUT2D eigenvalue weighted by Crippen LogP contribution is -2.44. The maximum atomic E-state index is 5.54. The van der Waals surface area contributed by atoms with Crippen LogP contribution in [-0.4, -0.2) is 37.1 Å². The smallest absolute Gasteiger partial charge is 0.409 e. The Bertz CT molecular complexity index is 303. The van der Waals surface area contributed by atoms with Gasteiger partial charge >= 0.3 is 14.2 Å². The summed E-state index contributed by atoms with van der Waals surface area (Å²) in [5, 5.41) is 0. The molecule has 0 N–H and O–H groups in total. The molecule has 0 radical (unpaired) electrons. The largest absolute Gasteiger partial charge is 0.454 e. The fraction of sp³-hybridized carbons (Fsp3) is 1.00. The molecule has 0 aromatic rings. The Morgan fingerprint density at radius 2 is 1.25 bits per heavy atom. The van der Waals surface area contributed by atoms with Gasteiger partial charge < -0.3 is 18.6 Å². The molecule has 4 nitrogen and oxygen atoms in total. The van der Waals surface area contributed by atoms with E-state index < -0.39 is 0 Å². The highest BCUT2D eigenvalue weighted by Gasteiger charge is 2.48. The van der Waals surface area contributed by atoms with E-state index in [1.165, 1.54) is 0 Å². The second-order valence-corrected chi connectivity index (χ2v) is 7.42. The molecule has 0 aromatic carbocycles. The predicted molar refractivity (Wildman–Crippen MR) is 83.9 cm³/mol. The first-order valence-electron chi connectivity index (χ1n) is 7.53. The Kier molecular flexibility index (Phi) is 5.40. The Balaban J connectivity index is 0.000000200. The summed E-state index contributed by atoms with van der Waals surface area (Å²) in [6.07, 6.45) is 1.32. The van der Waals surface area contributed by atoms with Gasteiger partial charge in [-0.05, 0) is 68.5 Å². The quantitative estimate of drug-likeness (QED) is 0.639. The van der Waals surface area contributed by atoms with Crippen LogP contribution in [0.15, 0.2) is 0 Å². The second kappa shape index (κ2) is 5.99. The first kappa shape index (κ1) is 18.0. The molecule has 2 aliphatic heterocycles. The summed E-state index contributed by atoms with van der Waals surface area (Å²) in [6, 6.07) is 0. The summed E-state index contributed by atoms with van der Waals surface area (Å²) in [6.45, 7) is 18.4. The van der Waals surface area contributed by atoms with Crippen molar-refractivity contribution in [2.45, 2.75) is 91.4 Å². The van der Waals surface area contributed by atoms with E-state index in [4.69, 9.17) is 18.6 Å². The van der Waals surface area contributed by atoms with Crippen LogP contribution in [0.5, 0.6) is 0 Å². The number of hydrogen-bond donors (Lipinski definition) is 0. The molecule has 2 saturated heterocycles. The van der Waals surface area contributed by atoms with Gasteiger partial charge in [-0.2, -0.15) is 0 Å². The summed E-state index contributed by atoms with van der Waals surface area (Å²) in [5.74, 6) is 0. The van der Waals surface area contributed by atoms with E-state index in [0.717, 1.165) is 6.42 Å². The standard InChI is InChI=1S/2C7H15BO2/c1-6-5-7(2,3)10-8(4)9-6;1-6(2)7(3,4)10-8(5)9-6/h6H,5H2,1-4H3;1-5H3. The average Bonchev–Trinajstić information content (AvgIpc) is 2.28. The number of hydrogen-bond acceptors (Lipinski definition) is 4. The van der Waals surface area contributed by atoms with Crippen molar-refractivity contribution in [1.82, 2.24) is 0 Å². The summed E-state index contributed by atoms with van der Waals surface area (Å²) in [7, 11) is -0.108. The van der Waals surface area contributed by atoms with Crippen molar-refractivity contribution in [2.24, 2.45) is 0 Å². The van der Waals surface area contributed by atoms with Gasteiger partial charge in [-0.1, -0.05) is 0 Å². The third-order valence-electron chi connectivity index (χ3n) is 4.06. The molecule has 0 bridgehead atoms. The highest BCUT2D eigenvalue weighted by atomic mass is 16.7. The minimum absolute atomic E-state index is 0.00289. The highest BCUT2D eigenvalue weighted by Crippen LogP contribution is 2.36. The van der Waals surface area contributed by atoms with Gasteiger partial charge in [-0.3, -0.25) is 0 Å². The predicted octanol–water partition coefficient (Wildman–Crippen LogP) is 3.42. The average molecular weight is 284 g/mol. The topological polar surface area (TPSA) is 36.9 Å². The molecule has 1 unspecified atom stereocenters. The lowest BCUT2D eigenvalue weighted by Gasteiger charge is -2.37. The molecule has 0 amide bonds. The van der Waals surface area contributed by atoms with E-state index in [-0.39, 0.29) is 31.0 Å². The first-order chi connectivity index (χ1) is 8.85. The summed E-state index contributed by atoms with van der Waals surface area (Å²) in [4.78, 5) is 0. The zero-order chi connectivity index (χ0) is 15.8. The second-order valence-electron chi connectivity index (χ2n) is 7.42. The van der Waals surface area contributed by atoms with Gasteiger partial charge in [0.15, 0.2) is 0 Å². The molecule has 0 aromatic heterocycles.